The van der Waals surface area contributed by atoms with Gasteiger partial charge in [-0.15, -0.1) is 0 Å². The number of aryl methyl sites for hydroxylation is 2. The largest absolute Gasteiger partial charge is 0.309 e. The van der Waals surface area contributed by atoms with Crippen LogP contribution >= 0.6 is 0 Å². The van der Waals surface area contributed by atoms with Gasteiger partial charge in [0.2, 0.25) is 5.95 Å². The molecule has 0 aromatic carbocycles. The number of nitrogens with zero attached hydrogens (tertiary/aromatic N) is 4. The third-order valence-corrected chi connectivity index (χ3v) is 1.81. The molecule has 0 amide bonds. The molecule has 0 bridgehead atoms. The van der Waals surface area contributed by atoms with Gasteiger partial charge < -0.3 is 5.32 Å². The van der Waals surface area contributed by atoms with Crippen molar-refractivity contribution in [1.29, 1.82) is 0 Å². The van der Waals surface area contributed by atoms with E-state index in [1.807, 2.05) is 20.0 Å². The average Bonchev–Trinajstić information content (AvgIpc) is 2.47. The van der Waals surface area contributed by atoms with E-state index < -0.39 is 0 Å². The first-order chi connectivity index (χ1) is 6.75. The van der Waals surface area contributed by atoms with Gasteiger partial charge in [0.15, 0.2) is 0 Å². The Morgan fingerprint density at radius 1 is 1.29 bits per heavy atom. The minimum absolute atomic E-state index is 0.579. The van der Waals surface area contributed by atoms with Crippen LogP contribution in [0.4, 0.5) is 11.8 Å². The third-order valence-electron chi connectivity index (χ3n) is 1.81. The van der Waals surface area contributed by atoms with Crippen molar-refractivity contribution in [1.82, 2.24) is 19.7 Å². The van der Waals surface area contributed by atoms with Crippen molar-refractivity contribution in [2.45, 2.75) is 6.92 Å². The van der Waals surface area contributed by atoms with Crippen molar-refractivity contribution in [2.75, 3.05) is 5.32 Å². The lowest BCUT2D eigenvalue weighted by Gasteiger charge is -2.02. The summed E-state index contributed by atoms with van der Waals surface area (Å²) < 4.78 is 1.76. The lowest BCUT2D eigenvalue weighted by molar-refractivity contribution is 0.763. The van der Waals surface area contributed by atoms with Crippen LogP contribution in [0.1, 0.15) is 5.69 Å². The average molecular weight is 189 g/mol. The quantitative estimate of drug-likeness (QED) is 0.772. The smallest absolute Gasteiger partial charge is 0.228 e. The topological polar surface area (TPSA) is 55.6 Å². The molecular formula is C9H11N5. The van der Waals surface area contributed by atoms with Crippen LogP contribution in [0.5, 0.6) is 0 Å². The van der Waals surface area contributed by atoms with E-state index in [9.17, 15) is 0 Å². The second-order valence-electron chi connectivity index (χ2n) is 2.99. The molecule has 0 fully saturated rings. The Morgan fingerprint density at radius 2 is 2.00 bits per heavy atom. The van der Waals surface area contributed by atoms with Crippen LogP contribution in [-0.4, -0.2) is 19.7 Å². The molecule has 0 saturated heterocycles. The minimum atomic E-state index is 0.579. The maximum Gasteiger partial charge on any atom is 0.228 e. The first-order valence-corrected chi connectivity index (χ1v) is 4.30. The summed E-state index contributed by atoms with van der Waals surface area (Å²) >= 11 is 0. The van der Waals surface area contributed by atoms with Crippen LogP contribution in [0.3, 0.4) is 0 Å². The highest BCUT2D eigenvalue weighted by Crippen LogP contribution is 2.11. The molecule has 0 aliphatic heterocycles. The molecule has 2 aromatic heterocycles. The Bertz CT molecular complexity index is 420. The summed E-state index contributed by atoms with van der Waals surface area (Å²) in [5.74, 6) is 1.46. The Hall–Kier alpha value is -1.91. The van der Waals surface area contributed by atoms with Crippen LogP contribution in [-0.2, 0) is 7.05 Å². The molecule has 5 nitrogen and oxygen atoms in total. The van der Waals surface area contributed by atoms with E-state index >= 15 is 0 Å². The molecule has 0 atom stereocenters. The SMILES string of the molecule is Cc1cc(Nc2ncccn2)n(C)n1. The fraction of sp³-hybridized carbons (Fsp3) is 0.222. The van der Waals surface area contributed by atoms with E-state index in [0.29, 0.717) is 5.95 Å². The molecule has 2 aromatic rings. The van der Waals surface area contributed by atoms with Crippen molar-refractivity contribution in [3.63, 3.8) is 0 Å². The van der Waals surface area contributed by atoms with E-state index in [4.69, 9.17) is 0 Å². The van der Waals surface area contributed by atoms with E-state index in [-0.39, 0.29) is 0 Å². The number of nitrogens with one attached hydrogen (secondary N) is 1. The van der Waals surface area contributed by atoms with Crippen molar-refractivity contribution >= 4 is 11.8 Å². The minimum Gasteiger partial charge on any atom is -0.309 e. The fourth-order valence-electron chi connectivity index (χ4n) is 1.21. The number of rotatable bonds is 2. The molecule has 14 heavy (non-hydrogen) atoms. The van der Waals surface area contributed by atoms with Gasteiger partial charge in [0.1, 0.15) is 5.82 Å². The first-order valence-electron chi connectivity index (χ1n) is 4.30. The number of aromatic nitrogens is 4. The Labute approximate surface area is 81.8 Å². The summed E-state index contributed by atoms with van der Waals surface area (Å²) in [5, 5.41) is 7.28. The van der Waals surface area contributed by atoms with Gasteiger partial charge in [-0.25, -0.2) is 9.97 Å². The van der Waals surface area contributed by atoms with Gasteiger partial charge in [0.25, 0.3) is 0 Å². The molecular weight excluding hydrogens is 178 g/mol. The van der Waals surface area contributed by atoms with Gasteiger partial charge in [0, 0.05) is 25.5 Å². The highest BCUT2D eigenvalue weighted by molar-refractivity contribution is 5.48. The molecule has 72 valence electrons. The fourth-order valence-corrected chi connectivity index (χ4v) is 1.21. The van der Waals surface area contributed by atoms with Crippen molar-refractivity contribution < 1.29 is 0 Å². The van der Waals surface area contributed by atoms with Gasteiger partial charge in [-0.2, -0.15) is 5.10 Å². The van der Waals surface area contributed by atoms with Crippen LogP contribution in [0.15, 0.2) is 24.5 Å². The van der Waals surface area contributed by atoms with Crippen LogP contribution in [0, 0.1) is 6.92 Å². The molecule has 0 unspecified atom stereocenters. The van der Waals surface area contributed by atoms with Crippen molar-refractivity contribution in [3.8, 4) is 0 Å². The molecule has 0 saturated carbocycles. The van der Waals surface area contributed by atoms with E-state index in [1.54, 1.807) is 23.1 Å². The molecule has 2 rings (SSSR count). The van der Waals surface area contributed by atoms with Crippen LogP contribution < -0.4 is 5.32 Å². The van der Waals surface area contributed by atoms with E-state index in [0.717, 1.165) is 11.5 Å². The number of hydrogen-bond acceptors (Lipinski definition) is 4. The lowest BCUT2D eigenvalue weighted by Crippen LogP contribution is -2.01. The van der Waals surface area contributed by atoms with Crippen molar-refractivity contribution in [3.05, 3.63) is 30.2 Å². The molecule has 2 heterocycles. The van der Waals surface area contributed by atoms with Gasteiger partial charge in [-0.05, 0) is 13.0 Å². The summed E-state index contributed by atoms with van der Waals surface area (Å²) in [6, 6.07) is 3.72. The summed E-state index contributed by atoms with van der Waals surface area (Å²) in [7, 11) is 1.87. The lowest BCUT2D eigenvalue weighted by atomic mass is 10.5. The zero-order valence-electron chi connectivity index (χ0n) is 8.10. The normalized spacial score (nSPS) is 10.1. The van der Waals surface area contributed by atoms with Gasteiger partial charge in [-0.3, -0.25) is 4.68 Å². The highest BCUT2D eigenvalue weighted by atomic mass is 15.3. The van der Waals surface area contributed by atoms with E-state index in [2.05, 4.69) is 20.4 Å². The monoisotopic (exact) mass is 189 g/mol. The number of anilines is 2. The van der Waals surface area contributed by atoms with Gasteiger partial charge in [-0.1, -0.05) is 0 Å². The molecule has 5 heteroatoms. The van der Waals surface area contributed by atoms with Gasteiger partial charge >= 0.3 is 0 Å². The summed E-state index contributed by atoms with van der Waals surface area (Å²) in [6.45, 7) is 1.94. The predicted octanol–water partition coefficient (Wildman–Crippen LogP) is 1.26. The predicted molar refractivity (Wildman–Crippen MR) is 53.3 cm³/mol. The molecule has 0 aliphatic rings. The highest BCUT2D eigenvalue weighted by Gasteiger charge is 2.02. The maximum atomic E-state index is 4.21. The summed E-state index contributed by atoms with van der Waals surface area (Å²) in [4.78, 5) is 8.12. The Balaban J connectivity index is 2.23. The Kier molecular flexibility index (Phi) is 2.14. The summed E-state index contributed by atoms with van der Waals surface area (Å²) in [5.41, 5.74) is 0.964. The zero-order valence-corrected chi connectivity index (χ0v) is 8.10. The second-order valence-corrected chi connectivity index (χ2v) is 2.99. The Morgan fingerprint density at radius 3 is 2.57 bits per heavy atom. The molecule has 1 N–H and O–H groups in total. The van der Waals surface area contributed by atoms with Crippen LogP contribution in [0.2, 0.25) is 0 Å². The van der Waals surface area contributed by atoms with Crippen molar-refractivity contribution in [2.24, 2.45) is 7.05 Å². The van der Waals surface area contributed by atoms with E-state index in [1.165, 1.54) is 0 Å². The molecule has 0 radical (unpaired) electrons. The molecule has 0 spiro atoms. The van der Waals surface area contributed by atoms with Gasteiger partial charge in [0.05, 0.1) is 5.69 Å². The van der Waals surface area contributed by atoms with Crippen LogP contribution in [0.25, 0.3) is 0 Å². The maximum absolute atomic E-state index is 4.21. The second kappa shape index (κ2) is 3.45. The standard InChI is InChI=1S/C9H11N5/c1-7-6-8(14(2)13-7)12-9-10-4-3-5-11-9/h3-6H,1-2H3,(H,10,11,12). The first kappa shape index (κ1) is 8.68. The third kappa shape index (κ3) is 1.71. The molecule has 0 aliphatic carbocycles. The zero-order chi connectivity index (χ0) is 9.97. The summed E-state index contributed by atoms with van der Waals surface area (Å²) in [6.07, 6.45) is 3.39. The number of hydrogen-bond donors (Lipinski definition) is 1.